The van der Waals surface area contributed by atoms with Crippen LogP contribution in [0, 0.1) is 10.5 Å². The standard InChI is InChI=1S/C22H20ClIN2O4S/c1-15-13-17(24)5-12-21(15)25-22(27)14-26(18-6-3-16(23)4-7-18)31(28,29)20-10-8-19(30-2)9-11-20/h3-13H,14H2,1-2H3,(H,25,27). The molecule has 0 spiro atoms. The van der Waals surface area contributed by atoms with E-state index >= 15 is 0 Å². The molecule has 3 aromatic carbocycles. The monoisotopic (exact) mass is 570 g/mol. The number of carbonyl (C=O) groups excluding carboxylic acids is 1. The Bertz CT molecular complexity index is 1180. The lowest BCUT2D eigenvalue weighted by Crippen LogP contribution is -2.38. The number of sulfonamides is 1. The van der Waals surface area contributed by atoms with Crippen LogP contribution in [-0.4, -0.2) is 28.0 Å². The molecule has 0 aromatic heterocycles. The second-order valence-corrected chi connectivity index (χ2v) is 10.2. The van der Waals surface area contributed by atoms with Gasteiger partial charge in [0, 0.05) is 14.3 Å². The first-order valence-corrected chi connectivity index (χ1v) is 12.1. The van der Waals surface area contributed by atoms with E-state index in [1.807, 2.05) is 19.1 Å². The van der Waals surface area contributed by atoms with Crippen LogP contribution in [0.5, 0.6) is 5.75 Å². The van der Waals surface area contributed by atoms with Crippen molar-refractivity contribution < 1.29 is 17.9 Å². The van der Waals surface area contributed by atoms with Gasteiger partial charge in [-0.1, -0.05) is 11.6 Å². The Labute approximate surface area is 200 Å². The minimum atomic E-state index is -4.02. The Morgan fingerprint density at radius 2 is 1.71 bits per heavy atom. The van der Waals surface area contributed by atoms with Gasteiger partial charge in [0.2, 0.25) is 5.91 Å². The zero-order valence-electron chi connectivity index (χ0n) is 16.8. The second-order valence-electron chi connectivity index (χ2n) is 6.67. The van der Waals surface area contributed by atoms with Crippen LogP contribution in [0.4, 0.5) is 11.4 Å². The fourth-order valence-corrected chi connectivity index (χ4v) is 5.08. The first-order chi connectivity index (χ1) is 14.7. The van der Waals surface area contributed by atoms with E-state index in [0.29, 0.717) is 22.1 Å². The molecule has 31 heavy (non-hydrogen) atoms. The van der Waals surface area contributed by atoms with Crippen molar-refractivity contribution in [3.8, 4) is 5.75 Å². The fraction of sp³-hybridized carbons (Fsp3) is 0.136. The number of amides is 1. The molecule has 9 heteroatoms. The van der Waals surface area contributed by atoms with Crippen LogP contribution < -0.4 is 14.4 Å². The average molecular weight is 571 g/mol. The molecule has 0 atom stereocenters. The van der Waals surface area contributed by atoms with E-state index in [1.165, 1.54) is 19.2 Å². The molecular formula is C22H20ClIN2O4S. The van der Waals surface area contributed by atoms with E-state index in [9.17, 15) is 13.2 Å². The van der Waals surface area contributed by atoms with Gasteiger partial charge in [0.25, 0.3) is 10.0 Å². The van der Waals surface area contributed by atoms with Crippen LogP contribution >= 0.6 is 34.2 Å². The van der Waals surface area contributed by atoms with Crippen LogP contribution in [0.25, 0.3) is 0 Å². The Balaban J connectivity index is 1.94. The number of anilines is 2. The quantitative estimate of drug-likeness (QED) is 0.401. The van der Waals surface area contributed by atoms with Crippen LogP contribution in [0.3, 0.4) is 0 Å². The predicted molar refractivity (Wildman–Crippen MR) is 132 cm³/mol. The number of aryl methyl sites for hydroxylation is 1. The number of ether oxygens (including phenoxy) is 1. The maximum atomic E-state index is 13.4. The highest BCUT2D eigenvalue weighted by atomic mass is 127. The lowest BCUT2D eigenvalue weighted by atomic mass is 10.2. The molecule has 0 aliphatic heterocycles. The highest BCUT2D eigenvalue weighted by Crippen LogP contribution is 2.27. The lowest BCUT2D eigenvalue weighted by molar-refractivity contribution is -0.114. The molecule has 1 amide bonds. The van der Waals surface area contributed by atoms with Crippen molar-refractivity contribution in [3.05, 3.63) is 80.9 Å². The van der Waals surface area contributed by atoms with E-state index in [0.717, 1.165) is 13.4 Å². The SMILES string of the molecule is COc1ccc(S(=O)(=O)N(CC(=O)Nc2ccc(I)cc2C)c2ccc(Cl)cc2)cc1. The second kappa shape index (κ2) is 9.88. The number of methoxy groups -OCH3 is 1. The summed E-state index contributed by atoms with van der Waals surface area (Å²) in [5.74, 6) is 0.0697. The lowest BCUT2D eigenvalue weighted by Gasteiger charge is -2.24. The molecule has 0 saturated heterocycles. The first-order valence-electron chi connectivity index (χ1n) is 9.19. The van der Waals surface area contributed by atoms with Crippen LogP contribution in [-0.2, 0) is 14.8 Å². The summed E-state index contributed by atoms with van der Waals surface area (Å²) in [5.41, 5.74) is 1.84. The molecule has 0 radical (unpaired) electrons. The van der Waals surface area contributed by atoms with Gasteiger partial charge in [0.1, 0.15) is 12.3 Å². The van der Waals surface area contributed by atoms with Crippen molar-refractivity contribution in [1.29, 1.82) is 0 Å². The smallest absolute Gasteiger partial charge is 0.264 e. The molecule has 162 valence electrons. The van der Waals surface area contributed by atoms with Crippen molar-refractivity contribution in [3.63, 3.8) is 0 Å². The van der Waals surface area contributed by atoms with E-state index in [1.54, 1.807) is 42.5 Å². The highest BCUT2D eigenvalue weighted by Gasteiger charge is 2.27. The van der Waals surface area contributed by atoms with Crippen molar-refractivity contribution in [2.75, 3.05) is 23.3 Å². The number of nitrogens with zero attached hydrogens (tertiary/aromatic N) is 1. The van der Waals surface area contributed by atoms with Crippen molar-refractivity contribution >= 4 is 61.5 Å². The molecule has 1 N–H and O–H groups in total. The zero-order valence-corrected chi connectivity index (χ0v) is 20.5. The summed E-state index contributed by atoms with van der Waals surface area (Å²) in [6, 6.07) is 17.9. The first kappa shape index (κ1) is 23.4. The fourth-order valence-electron chi connectivity index (χ4n) is 2.88. The molecule has 0 unspecified atom stereocenters. The number of hydrogen-bond acceptors (Lipinski definition) is 4. The highest BCUT2D eigenvalue weighted by molar-refractivity contribution is 14.1. The van der Waals surface area contributed by atoms with Gasteiger partial charge >= 0.3 is 0 Å². The minimum absolute atomic E-state index is 0.0431. The van der Waals surface area contributed by atoms with Crippen molar-refractivity contribution in [1.82, 2.24) is 0 Å². The van der Waals surface area contributed by atoms with E-state index in [2.05, 4.69) is 27.9 Å². The van der Waals surface area contributed by atoms with Gasteiger partial charge in [0.15, 0.2) is 0 Å². The predicted octanol–water partition coefficient (Wildman–Crippen LogP) is 5.10. The number of carbonyl (C=O) groups is 1. The summed E-state index contributed by atoms with van der Waals surface area (Å²) in [6.07, 6.45) is 0. The molecule has 0 bridgehead atoms. The molecule has 3 rings (SSSR count). The van der Waals surface area contributed by atoms with Gasteiger partial charge in [-0.05, 0) is 102 Å². The maximum Gasteiger partial charge on any atom is 0.264 e. The Morgan fingerprint density at radius 3 is 2.29 bits per heavy atom. The van der Waals surface area contributed by atoms with E-state index < -0.39 is 22.5 Å². The van der Waals surface area contributed by atoms with E-state index in [-0.39, 0.29) is 4.90 Å². The number of nitrogens with one attached hydrogen (secondary N) is 1. The summed E-state index contributed by atoms with van der Waals surface area (Å²) >= 11 is 8.15. The zero-order chi connectivity index (χ0) is 22.6. The van der Waals surface area contributed by atoms with Crippen LogP contribution in [0.15, 0.2) is 71.6 Å². The third kappa shape index (κ3) is 5.69. The summed E-state index contributed by atoms with van der Waals surface area (Å²) in [7, 11) is -2.52. The molecule has 0 saturated carbocycles. The van der Waals surface area contributed by atoms with Crippen LogP contribution in [0.2, 0.25) is 5.02 Å². The number of hydrogen-bond donors (Lipinski definition) is 1. The summed E-state index contributed by atoms with van der Waals surface area (Å²) in [5, 5.41) is 3.26. The Morgan fingerprint density at radius 1 is 1.06 bits per heavy atom. The molecule has 0 aliphatic carbocycles. The maximum absolute atomic E-state index is 13.4. The van der Waals surface area contributed by atoms with Crippen molar-refractivity contribution in [2.45, 2.75) is 11.8 Å². The summed E-state index contributed by atoms with van der Waals surface area (Å²) in [4.78, 5) is 12.9. The van der Waals surface area contributed by atoms with Crippen molar-refractivity contribution in [2.24, 2.45) is 0 Å². The number of benzene rings is 3. The van der Waals surface area contributed by atoms with Gasteiger partial charge in [-0.3, -0.25) is 9.10 Å². The normalized spacial score (nSPS) is 11.1. The topological polar surface area (TPSA) is 75.7 Å². The summed E-state index contributed by atoms with van der Waals surface area (Å²) < 4.78 is 34.0. The molecule has 0 heterocycles. The largest absolute Gasteiger partial charge is 0.497 e. The van der Waals surface area contributed by atoms with Crippen LogP contribution in [0.1, 0.15) is 5.56 Å². The molecule has 3 aromatic rings. The molecule has 0 fully saturated rings. The third-order valence-electron chi connectivity index (χ3n) is 4.51. The van der Waals surface area contributed by atoms with Gasteiger partial charge in [0.05, 0.1) is 17.7 Å². The molecule has 0 aliphatic rings. The number of rotatable bonds is 7. The number of halogens is 2. The molecular weight excluding hydrogens is 551 g/mol. The third-order valence-corrected chi connectivity index (χ3v) is 7.22. The molecule has 6 nitrogen and oxygen atoms in total. The van der Waals surface area contributed by atoms with Gasteiger partial charge in [-0.25, -0.2) is 8.42 Å². The summed E-state index contributed by atoms with van der Waals surface area (Å²) in [6.45, 7) is 1.48. The van der Waals surface area contributed by atoms with E-state index in [4.69, 9.17) is 16.3 Å². The van der Waals surface area contributed by atoms with Gasteiger partial charge in [-0.2, -0.15) is 0 Å². The van der Waals surface area contributed by atoms with Gasteiger partial charge in [-0.15, -0.1) is 0 Å². The Hall–Kier alpha value is -2.30. The minimum Gasteiger partial charge on any atom is -0.497 e. The Kier molecular flexibility index (Phi) is 7.45. The average Bonchev–Trinajstić information content (AvgIpc) is 2.75. The van der Waals surface area contributed by atoms with Gasteiger partial charge < -0.3 is 10.1 Å².